The number of ether oxygens (including phenoxy) is 1. The molecule has 0 saturated heterocycles. The lowest BCUT2D eigenvalue weighted by Gasteiger charge is -2.13. The first-order valence-electron chi connectivity index (χ1n) is 9.89. The Hall–Kier alpha value is -3.76. The van der Waals surface area contributed by atoms with Crippen LogP contribution < -0.4 is 10.1 Å². The highest BCUT2D eigenvalue weighted by Crippen LogP contribution is 2.25. The molecule has 0 amide bonds. The normalized spacial score (nSPS) is 11.9. The molecular formula is C23H22N6O. The Balaban J connectivity index is 1.44. The number of aromatic amines is 1. The standard InChI is InChI=1S/C23H22N6O/c1-2-18(9-11-24)25-15-19-5-3-16-13-20(6-7-21(16)28-19)30-23-8-4-17(14-26-23)22-10-12-27-29-22/h3-8,10,12-14,18,25H,2,9,15H2,1H3,(H,27,29). The summed E-state index contributed by atoms with van der Waals surface area (Å²) in [5.74, 6) is 1.23. The molecule has 2 N–H and O–H groups in total. The number of hydrogen-bond acceptors (Lipinski definition) is 6. The molecule has 0 fully saturated rings. The van der Waals surface area contributed by atoms with Crippen LogP contribution in [0.15, 0.2) is 60.9 Å². The number of rotatable bonds is 8. The van der Waals surface area contributed by atoms with Gasteiger partial charge < -0.3 is 10.1 Å². The van der Waals surface area contributed by atoms with Gasteiger partial charge in [-0.3, -0.25) is 10.1 Å². The SMILES string of the molecule is CCC(CC#N)NCc1ccc2cc(Oc3ccc(-c4ccn[nH]4)cn3)ccc2n1. The maximum absolute atomic E-state index is 8.87. The van der Waals surface area contributed by atoms with Crippen LogP contribution in [0.5, 0.6) is 11.6 Å². The summed E-state index contributed by atoms with van der Waals surface area (Å²) >= 11 is 0. The lowest BCUT2D eigenvalue weighted by molar-refractivity contribution is 0.464. The molecule has 4 rings (SSSR count). The van der Waals surface area contributed by atoms with E-state index in [-0.39, 0.29) is 6.04 Å². The van der Waals surface area contributed by atoms with E-state index in [4.69, 9.17) is 15.0 Å². The van der Waals surface area contributed by atoms with Gasteiger partial charge in [0.15, 0.2) is 0 Å². The minimum atomic E-state index is 0.190. The molecule has 0 spiro atoms. The van der Waals surface area contributed by atoms with Crippen LogP contribution in [0, 0.1) is 11.3 Å². The molecule has 7 heteroatoms. The number of hydrogen-bond donors (Lipinski definition) is 2. The molecular weight excluding hydrogens is 376 g/mol. The molecule has 7 nitrogen and oxygen atoms in total. The van der Waals surface area contributed by atoms with Crippen LogP contribution in [0.3, 0.4) is 0 Å². The maximum atomic E-state index is 8.87. The fourth-order valence-corrected chi connectivity index (χ4v) is 3.17. The third-order valence-corrected chi connectivity index (χ3v) is 4.89. The van der Waals surface area contributed by atoms with Gasteiger partial charge in [0.1, 0.15) is 5.75 Å². The third kappa shape index (κ3) is 4.62. The second-order valence-electron chi connectivity index (χ2n) is 6.96. The molecule has 1 unspecified atom stereocenters. The summed E-state index contributed by atoms with van der Waals surface area (Å²) in [6, 6.07) is 17.9. The van der Waals surface area contributed by atoms with Crippen molar-refractivity contribution in [3.63, 3.8) is 0 Å². The summed E-state index contributed by atoms with van der Waals surface area (Å²) in [5.41, 5.74) is 3.71. The van der Waals surface area contributed by atoms with Crippen molar-refractivity contribution in [2.24, 2.45) is 0 Å². The monoisotopic (exact) mass is 398 g/mol. The molecule has 150 valence electrons. The molecule has 4 aromatic rings. The van der Waals surface area contributed by atoms with Crippen LogP contribution in [-0.2, 0) is 6.54 Å². The Labute approximate surface area is 174 Å². The number of nitriles is 1. The number of H-pyrrole nitrogens is 1. The summed E-state index contributed by atoms with van der Waals surface area (Å²) < 4.78 is 5.90. The minimum absolute atomic E-state index is 0.190. The van der Waals surface area contributed by atoms with E-state index in [0.717, 1.165) is 34.3 Å². The maximum Gasteiger partial charge on any atom is 0.219 e. The zero-order valence-corrected chi connectivity index (χ0v) is 16.7. The predicted octanol–water partition coefficient (Wildman–Crippen LogP) is 4.59. The topological polar surface area (TPSA) is 99.5 Å². The summed E-state index contributed by atoms with van der Waals surface area (Å²) in [5, 5.41) is 20.1. The van der Waals surface area contributed by atoms with Crippen molar-refractivity contribution in [2.75, 3.05) is 0 Å². The van der Waals surface area contributed by atoms with E-state index in [2.05, 4.69) is 33.5 Å². The van der Waals surface area contributed by atoms with Gasteiger partial charge in [0.25, 0.3) is 0 Å². The quantitative estimate of drug-likeness (QED) is 0.450. The first-order valence-corrected chi connectivity index (χ1v) is 9.89. The van der Waals surface area contributed by atoms with Crippen molar-refractivity contribution in [2.45, 2.75) is 32.4 Å². The number of nitrogens with one attached hydrogen (secondary N) is 2. The second kappa shape index (κ2) is 9.16. The van der Waals surface area contributed by atoms with Gasteiger partial charge in [-0.25, -0.2) is 4.98 Å². The summed E-state index contributed by atoms with van der Waals surface area (Å²) in [4.78, 5) is 9.08. The third-order valence-electron chi connectivity index (χ3n) is 4.89. The largest absolute Gasteiger partial charge is 0.439 e. The molecule has 0 radical (unpaired) electrons. The van der Waals surface area contributed by atoms with Crippen molar-refractivity contribution in [3.05, 3.63) is 66.6 Å². The Morgan fingerprint density at radius 2 is 2.10 bits per heavy atom. The number of pyridine rings is 2. The van der Waals surface area contributed by atoms with Crippen LogP contribution in [0.25, 0.3) is 22.2 Å². The van der Waals surface area contributed by atoms with Gasteiger partial charge in [0, 0.05) is 42.0 Å². The van der Waals surface area contributed by atoms with Crippen LogP contribution in [0.1, 0.15) is 25.5 Å². The molecule has 1 aromatic carbocycles. The van der Waals surface area contributed by atoms with Gasteiger partial charge in [0.2, 0.25) is 5.88 Å². The van der Waals surface area contributed by atoms with Crippen molar-refractivity contribution in [3.8, 4) is 29.0 Å². The molecule has 0 aliphatic heterocycles. The van der Waals surface area contributed by atoms with Crippen molar-refractivity contribution >= 4 is 10.9 Å². The zero-order valence-electron chi connectivity index (χ0n) is 16.7. The first kappa shape index (κ1) is 19.6. The van der Waals surface area contributed by atoms with E-state index in [1.54, 1.807) is 12.4 Å². The zero-order chi connectivity index (χ0) is 20.8. The minimum Gasteiger partial charge on any atom is -0.439 e. The van der Waals surface area contributed by atoms with Gasteiger partial charge in [-0.05, 0) is 42.8 Å². The van der Waals surface area contributed by atoms with E-state index in [0.29, 0.717) is 24.6 Å². The van der Waals surface area contributed by atoms with E-state index >= 15 is 0 Å². The molecule has 1 atom stereocenters. The average molecular weight is 398 g/mol. The van der Waals surface area contributed by atoms with Gasteiger partial charge in [-0.15, -0.1) is 0 Å². The average Bonchev–Trinajstić information content (AvgIpc) is 3.32. The Kier molecular flexibility index (Phi) is 5.97. The fraction of sp³-hybridized carbons (Fsp3) is 0.217. The van der Waals surface area contributed by atoms with Gasteiger partial charge in [0.05, 0.1) is 29.4 Å². The number of benzene rings is 1. The fourth-order valence-electron chi connectivity index (χ4n) is 3.17. The Morgan fingerprint density at radius 3 is 2.83 bits per heavy atom. The molecule has 0 bridgehead atoms. The van der Waals surface area contributed by atoms with E-state index < -0.39 is 0 Å². The van der Waals surface area contributed by atoms with E-state index in [1.807, 2.05) is 48.5 Å². The summed E-state index contributed by atoms with van der Waals surface area (Å²) in [6.07, 6.45) is 4.87. The lowest BCUT2D eigenvalue weighted by Crippen LogP contribution is -2.27. The summed E-state index contributed by atoms with van der Waals surface area (Å²) in [6.45, 7) is 2.71. The highest BCUT2D eigenvalue weighted by molar-refractivity contribution is 5.80. The van der Waals surface area contributed by atoms with Crippen LogP contribution in [0.2, 0.25) is 0 Å². The van der Waals surface area contributed by atoms with E-state index in [1.165, 1.54) is 0 Å². The van der Waals surface area contributed by atoms with Crippen LogP contribution in [-0.4, -0.2) is 26.2 Å². The highest BCUT2D eigenvalue weighted by atomic mass is 16.5. The Bertz CT molecular complexity index is 1150. The summed E-state index contributed by atoms with van der Waals surface area (Å²) in [7, 11) is 0. The van der Waals surface area contributed by atoms with Crippen molar-refractivity contribution < 1.29 is 4.74 Å². The van der Waals surface area contributed by atoms with Gasteiger partial charge >= 0.3 is 0 Å². The molecule has 0 aliphatic rings. The van der Waals surface area contributed by atoms with Crippen molar-refractivity contribution in [1.29, 1.82) is 5.26 Å². The number of aromatic nitrogens is 4. The number of fused-ring (bicyclic) bond motifs is 1. The molecule has 3 aromatic heterocycles. The molecule has 0 aliphatic carbocycles. The lowest BCUT2D eigenvalue weighted by atomic mass is 10.1. The molecule has 0 saturated carbocycles. The highest BCUT2D eigenvalue weighted by Gasteiger charge is 2.07. The van der Waals surface area contributed by atoms with Crippen LogP contribution in [0.4, 0.5) is 0 Å². The predicted molar refractivity (Wildman–Crippen MR) is 115 cm³/mol. The molecule has 3 heterocycles. The second-order valence-corrected chi connectivity index (χ2v) is 6.96. The van der Waals surface area contributed by atoms with Gasteiger partial charge in [-0.1, -0.05) is 13.0 Å². The first-order chi connectivity index (χ1) is 14.7. The smallest absolute Gasteiger partial charge is 0.219 e. The number of nitrogens with zero attached hydrogens (tertiary/aromatic N) is 4. The van der Waals surface area contributed by atoms with E-state index in [9.17, 15) is 0 Å². The van der Waals surface area contributed by atoms with Crippen molar-refractivity contribution in [1.82, 2.24) is 25.5 Å². The Morgan fingerprint density at radius 1 is 1.17 bits per heavy atom. The molecule has 30 heavy (non-hydrogen) atoms. The van der Waals surface area contributed by atoms with Gasteiger partial charge in [-0.2, -0.15) is 10.4 Å². The van der Waals surface area contributed by atoms with Crippen LogP contribution >= 0.6 is 0 Å².